The minimum Gasteiger partial charge on any atom is -0.376 e. The Labute approximate surface area is 127 Å². The fourth-order valence-corrected chi connectivity index (χ4v) is 3.94. The number of nitrogens with zero attached hydrogens (tertiary/aromatic N) is 2. The van der Waals surface area contributed by atoms with E-state index < -0.39 is 0 Å². The van der Waals surface area contributed by atoms with E-state index in [0.717, 1.165) is 38.2 Å². The van der Waals surface area contributed by atoms with Crippen molar-refractivity contribution in [2.24, 2.45) is 0 Å². The van der Waals surface area contributed by atoms with Gasteiger partial charge >= 0.3 is 0 Å². The number of H-pyrrole nitrogens is 1. The molecule has 1 N–H and O–H groups in total. The van der Waals surface area contributed by atoms with Crippen molar-refractivity contribution in [1.29, 1.82) is 0 Å². The number of hydrogen-bond donors (Lipinski definition) is 1. The van der Waals surface area contributed by atoms with Crippen LogP contribution in [0.1, 0.15) is 30.2 Å². The predicted molar refractivity (Wildman–Crippen MR) is 83.8 cm³/mol. The summed E-state index contributed by atoms with van der Waals surface area (Å²) < 4.78 is 8.50. The molecule has 0 radical (unpaired) electrons. The molecule has 1 aliphatic heterocycles. The van der Waals surface area contributed by atoms with Gasteiger partial charge < -0.3 is 4.74 Å². The van der Waals surface area contributed by atoms with Crippen molar-refractivity contribution in [3.63, 3.8) is 0 Å². The van der Waals surface area contributed by atoms with Crippen LogP contribution < -0.4 is 0 Å². The van der Waals surface area contributed by atoms with E-state index in [1.54, 1.807) is 11.3 Å². The highest BCUT2D eigenvalue weighted by Crippen LogP contribution is 2.31. The first-order chi connectivity index (χ1) is 9.70. The van der Waals surface area contributed by atoms with Gasteiger partial charge in [0.1, 0.15) is 0 Å². The summed E-state index contributed by atoms with van der Waals surface area (Å²) in [6.45, 7) is 6.01. The van der Waals surface area contributed by atoms with Crippen LogP contribution in [0.15, 0.2) is 5.38 Å². The maximum Gasteiger partial charge on any atom is 0.195 e. The SMILES string of the molecule is CCc1c(-c2n[nH]c(=S)n2CC2CCCO2)csc1C. The molecule has 2 aromatic heterocycles. The summed E-state index contributed by atoms with van der Waals surface area (Å²) in [5, 5.41) is 9.57. The third kappa shape index (κ3) is 2.47. The molecule has 1 unspecified atom stereocenters. The lowest BCUT2D eigenvalue weighted by Gasteiger charge is -2.12. The summed E-state index contributed by atoms with van der Waals surface area (Å²) in [6, 6.07) is 0. The average molecular weight is 309 g/mol. The first kappa shape index (κ1) is 14.0. The normalized spacial score (nSPS) is 18.8. The van der Waals surface area contributed by atoms with E-state index in [-0.39, 0.29) is 6.10 Å². The molecule has 3 heterocycles. The molecule has 1 fully saturated rings. The molecule has 2 aromatic rings. The van der Waals surface area contributed by atoms with Crippen LogP contribution in [0, 0.1) is 11.7 Å². The van der Waals surface area contributed by atoms with E-state index >= 15 is 0 Å². The van der Waals surface area contributed by atoms with E-state index in [9.17, 15) is 0 Å². The minimum absolute atomic E-state index is 0.267. The molecular formula is C14H19N3OS2. The second-order valence-electron chi connectivity index (χ2n) is 5.14. The van der Waals surface area contributed by atoms with Crippen molar-refractivity contribution in [3.8, 4) is 11.4 Å². The van der Waals surface area contributed by atoms with Crippen LogP contribution in [0.2, 0.25) is 0 Å². The molecule has 0 saturated carbocycles. The molecule has 0 aromatic carbocycles. The summed E-state index contributed by atoms with van der Waals surface area (Å²) >= 11 is 7.17. The Balaban J connectivity index is 1.99. The quantitative estimate of drug-likeness (QED) is 0.875. The number of hydrogen-bond acceptors (Lipinski definition) is 4. The average Bonchev–Trinajstić information content (AvgIpc) is 3.13. The molecule has 1 aliphatic rings. The van der Waals surface area contributed by atoms with Gasteiger partial charge in [-0.05, 0) is 44.0 Å². The molecule has 1 saturated heterocycles. The van der Waals surface area contributed by atoms with Gasteiger partial charge in [0.05, 0.1) is 12.6 Å². The molecular weight excluding hydrogens is 290 g/mol. The van der Waals surface area contributed by atoms with Crippen LogP contribution in [0.5, 0.6) is 0 Å². The summed E-state index contributed by atoms with van der Waals surface area (Å²) in [7, 11) is 0. The number of rotatable bonds is 4. The largest absolute Gasteiger partial charge is 0.376 e. The monoisotopic (exact) mass is 309 g/mol. The Morgan fingerprint density at radius 3 is 3.15 bits per heavy atom. The fraction of sp³-hybridized carbons (Fsp3) is 0.571. The van der Waals surface area contributed by atoms with Gasteiger partial charge in [-0.1, -0.05) is 6.92 Å². The van der Waals surface area contributed by atoms with Crippen LogP contribution in [-0.2, 0) is 17.7 Å². The molecule has 6 heteroatoms. The number of aryl methyl sites for hydroxylation is 1. The van der Waals surface area contributed by atoms with Gasteiger partial charge in [-0.3, -0.25) is 9.67 Å². The van der Waals surface area contributed by atoms with Crippen LogP contribution in [0.25, 0.3) is 11.4 Å². The van der Waals surface area contributed by atoms with Crippen molar-refractivity contribution in [2.45, 2.75) is 45.8 Å². The number of thiophene rings is 1. The van der Waals surface area contributed by atoms with Gasteiger partial charge in [-0.15, -0.1) is 11.3 Å². The zero-order chi connectivity index (χ0) is 14.1. The van der Waals surface area contributed by atoms with Crippen LogP contribution in [0.4, 0.5) is 0 Å². The van der Waals surface area contributed by atoms with Crippen LogP contribution >= 0.6 is 23.6 Å². The number of aromatic nitrogens is 3. The highest BCUT2D eigenvalue weighted by molar-refractivity contribution is 7.71. The van der Waals surface area contributed by atoms with Crippen molar-refractivity contribution in [1.82, 2.24) is 14.8 Å². The summed E-state index contributed by atoms with van der Waals surface area (Å²) in [5.41, 5.74) is 2.58. The molecule has 0 spiro atoms. The van der Waals surface area contributed by atoms with Crippen LogP contribution in [0.3, 0.4) is 0 Å². The van der Waals surface area contributed by atoms with Crippen molar-refractivity contribution in [2.75, 3.05) is 6.61 Å². The van der Waals surface area contributed by atoms with Crippen molar-refractivity contribution in [3.05, 3.63) is 20.6 Å². The first-order valence-corrected chi connectivity index (χ1v) is 8.33. The number of nitrogens with one attached hydrogen (secondary N) is 1. The van der Waals surface area contributed by atoms with Gasteiger partial charge in [0.25, 0.3) is 0 Å². The van der Waals surface area contributed by atoms with Gasteiger partial charge in [-0.25, -0.2) is 0 Å². The third-order valence-corrected chi connectivity index (χ3v) is 5.13. The molecule has 20 heavy (non-hydrogen) atoms. The van der Waals surface area contributed by atoms with Crippen molar-refractivity contribution >= 4 is 23.6 Å². The van der Waals surface area contributed by atoms with Gasteiger partial charge in [0.2, 0.25) is 0 Å². The molecule has 108 valence electrons. The molecule has 0 aliphatic carbocycles. The minimum atomic E-state index is 0.267. The lowest BCUT2D eigenvalue weighted by Crippen LogP contribution is -2.16. The Hall–Kier alpha value is -0.980. The van der Waals surface area contributed by atoms with Crippen molar-refractivity contribution < 1.29 is 4.74 Å². The highest BCUT2D eigenvalue weighted by atomic mass is 32.1. The second kappa shape index (κ2) is 5.79. The lowest BCUT2D eigenvalue weighted by molar-refractivity contribution is 0.0970. The Morgan fingerprint density at radius 2 is 2.45 bits per heavy atom. The number of ether oxygens (including phenoxy) is 1. The maximum atomic E-state index is 5.73. The molecule has 0 amide bonds. The predicted octanol–water partition coefficient (Wildman–Crippen LogP) is 3.72. The molecule has 4 nitrogen and oxygen atoms in total. The highest BCUT2D eigenvalue weighted by Gasteiger charge is 2.21. The van der Waals surface area contributed by atoms with Gasteiger partial charge in [0, 0.05) is 22.4 Å². The van der Waals surface area contributed by atoms with E-state index in [1.165, 1.54) is 16.0 Å². The Bertz CT molecular complexity index is 650. The number of aromatic amines is 1. The molecule has 3 rings (SSSR count). The zero-order valence-electron chi connectivity index (χ0n) is 11.8. The summed E-state index contributed by atoms with van der Waals surface area (Å²) in [4.78, 5) is 1.36. The van der Waals surface area contributed by atoms with Gasteiger partial charge in [0.15, 0.2) is 10.6 Å². The van der Waals surface area contributed by atoms with Crippen LogP contribution in [-0.4, -0.2) is 27.5 Å². The molecule has 1 atom stereocenters. The second-order valence-corrected chi connectivity index (χ2v) is 6.61. The van der Waals surface area contributed by atoms with E-state index in [2.05, 4.69) is 34.0 Å². The maximum absolute atomic E-state index is 5.73. The fourth-order valence-electron chi connectivity index (χ4n) is 2.79. The topological polar surface area (TPSA) is 42.8 Å². The van der Waals surface area contributed by atoms with E-state index in [0.29, 0.717) is 4.77 Å². The smallest absolute Gasteiger partial charge is 0.195 e. The van der Waals surface area contributed by atoms with E-state index in [1.807, 2.05) is 0 Å². The van der Waals surface area contributed by atoms with E-state index in [4.69, 9.17) is 17.0 Å². The zero-order valence-corrected chi connectivity index (χ0v) is 13.4. The van der Waals surface area contributed by atoms with Gasteiger partial charge in [-0.2, -0.15) is 5.10 Å². The standard InChI is InChI=1S/C14H19N3OS2/c1-3-11-9(2)20-8-12(11)13-15-16-14(19)17(13)7-10-5-4-6-18-10/h8,10H,3-7H2,1-2H3,(H,16,19). The summed E-state index contributed by atoms with van der Waals surface area (Å²) in [6.07, 6.45) is 3.53. The first-order valence-electron chi connectivity index (χ1n) is 7.04. The lowest BCUT2D eigenvalue weighted by atomic mass is 10.1. The summed E-state index contributed by atoms with van der Waals surface area (Å²) in [5.74, 6) is 0.951. The Kier molecular flexibility index (Phi) is 4.05. The Morgan fingerprint density at radius 1 is 1.60 bits per heavy atom. The third-order valence-electron chi connectivity index (χ3n) is 3.87. The molecule has 0 bridgehead atoms.